The molecule has 0 bridgehead atoms. The molecule has 2 amide bonds. The predicted octanol–water partition coefficient (Wildman–Crippen LogP) is 3.18. The van der Waals surface area contributed by atoms with Gasteiger partial charge in [-0.05, 0) is 36.8 Å². The van der Waals surface area contributed by atoms with Crippen molar-refractivity contribution in [2.24, 2.45) is 11.7 Å². The molecule has 1 aromatic carbocycles. The van der Waals surface area contributed by atoms with Gasteiger partial charge in [0.15, 0.2) is 20.3 Å². The summed E-state index contributed by atoms with van der Waals surface area (Å²) < 4.78 is 29.9. The van der Waals surface area contributed by atoms with Crippen LogP contribution in [0.1, 0.15) is 36.9 Å². The lowest BCUT2D eigenvalue weighted by Gasteiger charge is -2.14. The molecule has 0 aliphatic carbocycles. The molecule has 1 unspecified atom stereocenters. The number of carbonyl (C=O) groups excluding carboxylic acids is 2. The topological polar surface area (TPSA) is 140 Å². The van der Waals surface area contributed by atoms with Crippen molar-refractivity contribution >= 4 is 55.6 Å². The van der Waals surface area contributed by atoms with Gasteiger partial charge in [0, 0.05) is 6.26 Å². The number of nitrogens with zero attached hydrogens (tertiary/aromatic N) is 1. The van der Waals surface area contributed by atoms with Gasteiger partial charge < -0.3 is 21.1 Å². The van der Waals surface area contributed by atoms with Crippen LogP contribution in [0.25, 0.3) is 0 Å². The van der Waals surface area contributed by atoms with Gasteiger partial charge in [0.1, 0.15) is 12.2 Å². The van der Waals surface area contributed by atoms with Crippen LogP contribution in [0.15, 0.2) is 22.4 Å². The number of ether oxygens (including phenoxy) is 1. The van der Waals surface area contributed by atoms with Crippen LogP contribution in [0.3, 0.4) is 0 Å². The molecule has 2 rings (SSSR count). The summed E-state index contributed by atoms with van der Waals surface area (Å²) in [5, 5.41) is 4.12. The van der Waals surface area contributed by atoms with E-state index in [2.05, 4.69) is 15.6 Å². The molecule has 0 spiro atoms. The highest BCUT2D eigenvalue weighted by Crippen LogP contribution is 2.35. The number of thioether (sulfide) groups is 1. The van der Waals surface area contributed by atoms with Crippen LogP contribution < -0.4 is 21.1 Å². The lowest BCUT2D eigenvalue weighted by Crippen LogP contribution is -2.23. The molecule has 0 aliphatic rings. The summed E-state index contributed by atoms with van der Waals surface area (Å²) in [5.74, 6) is -0.248. The predicted molar refractivity (Wildman–Crippen MR) is 129 cm³/mol. The van der Waals surface area contributed by atoms with Crippen LogP contribution in [-0.2, 0) is 19.4 Å². The van der Waals surface area contributed by atoms with Crippen LogP contribution in [0, 0.1) is 12.8 Å². The molecule has 176 valence electrons. The number of carbonyl (C=O) groups is 2. The van der Waals surface area contributed by atoms with E-state index in [1.807, 2.05) is 32.9 Å². The number of rotatable bonds is 10. The van der Waals surface area contributed by atoms with E-state index in [4.69, 9.17) is 10.5 Å². The fourth-order valence-electron chi connectivity index (χ4n) is 2.51. The van der Waals surface area contributed by atoms with Gasteiger partial charge in [0.25, 0.3) is 0 Å². The summed E-state index contributed by atoms with van der Waals surface area (Å²) in [4.78, 5) is 28.9. The lowest BCUT2D eigenvalue weighted by molar-refractivity contribution is -0.123. The normalized spacial score (nSPS) is 12.5. The van der Waals surface area contributed by atoms with Crippen molar-refractivity contribution in [3.8, 4) is 5.75 Å². The van der Waals surface area contributed by atoms with Crippen molar-refractivity contribution in [2.75, 3.05) is 29.8 Å². The molecule has 2 aromatic rings. The molecule has 32 heavy (non-hydrogen) atoms. The zero-order chi connectivity index (χ0) is 24.1. The summed E-state index contributed by atoms with van der Waals surface area (Å²) in [6, 6.07) is 5.39. The molecule has 0 radical (unpaired) electrons. The third-order valence-corrected chi connectivity index (χ3v) is 7.34. The quantitative estimate of drug-likeness (QED) is 0.334. The molecule has 9 nitrogen and oxygen atoms in total. The van der Waals surface area contributed by atoms with E-state index >= 15 is 0 Å². The minimum atomic E-state index is -3.55. The molecule has 0 fully saturated rings. The third-order valence-electron chi connectivity index (χ3n) is 4.09. The molecular formula is C20H28N4O5S3. The Balaban J connectivity index is 2.05. The summed E-state index contributed by atoms with van der Waals surface area (Å²) >= 11 is 2.38. The van der Waals surface area contributed by atoms with E-state index in [1.165, 1.54) is 11.8 Å². The first-order valence-electron chi connectivity index (χ1n) is 9.73. The standard InChI is InChI=1S/C20H28N4O5S3/c1-11(2)10-29-14-8-12(3)6-7-13(14)22-15(25)9-16(26)23-20-24-17(19(30-4)31-20)18(21)32(5,27)28/h6-8,11,18H,9-10,21H2,1-5H3,(H,22,25)(H,23,24,26). The number of amides is 2. The first-order valence-corrected chi connectivity index (χ1v) is 13.7. The number of nitrogens with one attached hydrogen (secondary N) is 2. The van der Waals surface area contributed by atoms with Gasteiger partial charge in [0.05, 0.1) is 22.2 Å². The maximum atomic E-state index is 12.4. The second-order valence-electron chi connectivity index (χ2n) is 7.62. The summed E-state index contributed by atoms with van der Waals surface area (Å²) in [5.41, 5.74) is 7.42. The Morgan fingerprint density at radius 2 is 1.91 bits per heavy atom. The second-order valence-corrected chi connectivity index (χ2v) is 11.9. The van der Waals surface area contributed by atoms with E-state index in [0.29, 0.717) is 28.2 Å². The number of aromatic nitrogens is 1. The van der Waals surface area contributed by atoms with Crippen molar-refractivity contribution in [3.05, 3.63) is 29.5 Å². The minimum absolute atomic E-state index is 0.177. The maximum Gasteiger partial charge on any atom is 0.235 e. The fourth-order valence-corrected chi connectivity index (χ4v) is 4.95. The molecule has 0 saturated carbocycles. The highest BCUT2D eigenvalue weighted by Gasteiger charge is 2.26. The van der Waals surface area contributed by atoms with Crippen LogP contribution >= 0.6 is 23.1 Å². The summed E-state index contributed by atoms with van der Waals surface area (Å²) in [6.07, 6.45) is 2.33. The molecular weight excluding hydrogens is 472 g/mol. The Morgan fingerprint density at radius 3 is 2.50 bits per heavy atom. The Morgan fingerprint density at radius 1 is 1.25 bits per heavy atom. The number of hydrogen-bond acceptors (Lipinski definition) is 9. The second kappa shape index (κ2) is 11.1. The Hall–Kier alpha value is -2.15. The molecule has 1 atom stereocenters. The number of benzene rings is 1. The number of aryl methyl sites for hydroxylation is 1. The van der Waals surface area contributed by atoms with Gasteiger partial charge in [-0.25, -0.2) is 13.4 Å². The first kappa shape index (κ1) is 26.1. The van der Waals surface area contributed by atoms with Crippen molar-refractivity contribution in [1.29, 1.82) is 0 Å². The molecule has 12 heteroatoms. The van der Waals surface area contributed by atoms with Crippen LogP contribution in [-0.4, -0.2) is 44.3 Å². The smallest absolute Gasteiger partial charge is 0.235 e. The van der Waals surface area contributed by atoms with Gasteiger partial charge in [0.2, 0.25) is 11.8 Å². The molecule has 4 N–H and O–H groups in total. The maximum absolute atomic E-state index is 12.4. The van der Waals surface area contributed by atoms with E-state index in [1.54, 1.807) is 12.3 Å². The van der Waals surface area contributed by atoms with E-state index in [0.717, 1.165) is 23.2 Å². The average Bonchev–Trinajstić information content (AvgIpc) is 3.08. The summed E-state index contributed by atoms with van der Waals surface area (Å²) in [7, 11) is -3.55. The first-order chi connectivity index (χ1) is 14.9. The van der Waals surface area contributed by atoms with Gasteiger partial charge in [-0.2, -0.15) is 0 Å². The molecule has 0 saturated heterocycles. The van der Waals surface area contributed by atoms with Crippen LogP contribution in [0.2, 0.25) is 0 Å². The van der Waals surface area contributed by atoms with E-state index in [-0.39, 0.29) is 10.8 Å². The molecule has 1 aromatic heterocycles. The van der Waals surface area contributed by atoms with Crippen molar-refractivity contribution < 1.29 is 22.7 Å². The van der Waals surface area contributed by atoms with Crippen molar-refractivity contribution in [1.82, 2.24) is 4.98 Å². The summed E-state index contributed by atoms with van der Waals surface area (Å²) in [6.45, 7) is 6.45. The SMILES string of the molecule is CSc1sc(NC(=O)CC(=O)Nc2ccc(C)cc2OCC(C)C)nc1C(N)S(C)(=O)=O. The number of thiazole rings is 1. The highest BCUT2D eigenvalue weighted by molar-refractivity contribution is 8.00. The number of sulfone groups is 1. The van der Waals surface area contributed by atoms with Gasteiger partial charge in [-0.15, -0.1) is 11.8 Å². The Bertz CT molecular complexity index is 1080. The van der Waals surface area contributed by atoms with E-state index < -0.39 is 33.4 Å². The fraction of sp³-hybridized carbons (Fsp3) is 0.450. The number of hydrogen-bond donors (Lipinski definition) is 3. The number of anilines is 2. The van der Waals surface area contributed by atoms with Crippen LogP contribution in [0.4, 0.5) is 10.8 Å². The zero-order valence-electron chi connectivity index (χ0n) is 18.6. The largest absolute Gasteiger partial charge is 0.491 e. The number of nitrogens with two attached hydrogens (primary N) is 1. The third kappa shape index (κ3) is 7.47. The van der Waals surface area contributed by atoms with Crippen LogP contribution in [0.5, 0.6) is 5.75 Å². The van der Waals surface area contributed by atoms with Gasteiger partial charge in [-0.1, -0.05) is 31.3 Å². The molecule has 1 heterocycles. The van der Waals surface area contributed by atoms with Gasteiger partial charge >= 0.3 is 0 Å². The lowest BCUT2D eigenvalue weighted by atomic mass is 10.2. The van der Waals surface area contributed by atoms with Crippen molar-refractivity contribution in [3.63, 3.8) is 0 Å². The minimum Gasteiger partial charge on any atom is -0.491 e. The van der Waals surface area contributed by atoms with Gasteiger partial charge in [-0.3, -0.25) is 9.59 Å². The average molecular weight is 501 g/mol. The molecule has 0 aliphatic heterocycles. The Labute approximate surface area is 196 Å². The van der Waals surface area contributed by atoms with Crippen molar-refractivity contribution in [2.45, 2.75) is 36.8 Å². The zero-order valence-corrected chi connectivity index (χ0v) is 21.0. The highest BCUT2D eigenvalue weighted by atomic mass is 32.2. The Kier molecular flexibility index (Phi) is 9.08. The monoisotopic (exact) mass is 500 g/mol. The van der Waals surface area contributed by atoms with E-state index in [9.17, 15) is 18.0 Å².